The van der Waals surface area contributed by atoms with Crippen LogP contribution in [-0.2, 0) is 9.63 Å². The molecule has 0 saturated heterocycles. The van der Waals surface area contributed by atoms with Gasteiger partial charge in [0, 0.05) is 18.7 Å². The van der Waals surface area contributed by atoms with Gasteiger partial charge in [-0.05, 0) is 6.42 Å². The highest BCUT2D eigenvalue weighted by Gasteiger charge is 1.93. The summed E-state index contributed by atoms with van der Waals surface area (Å²) in [6.07, 6.45) is 1.04. The van der Waals surface area contributed by atoms with E-state index in [1.807, 2.05) is 0 Å². The molecule has 0 aliphatic rings. The predicted molar refractivity (Wildman–Crippen MR) is 46.2 cm³/mol. The molecule has 66 valence electrons. The van der Waals surface area contributed by atoms with Gasteiger partial charge in [0.2, 0.25) is 5.91 Å². The average molecular weight is 178 g/mol. The minimum absolute atomic E-state index is 0.289. The van der Waals surface area contributed by atoms with Crippen molar-refractivity contribution in [3.05, 3.63) is 0 Å². The predicted octanol–water partition coefficient (Wildman–Crippen LogP) is -0.297. The summed E-state index contributed by atoms with van der Waals surface area (Å²) in [6.45, 7) is 1.22. The molecule has 0 fully saturated rings. The van der Waals surface area contributed by atoms with Crippen LogP contribution < -0.4 is 11.2 Å². The van der Waals surface area contributed by atoms with Crippen LogP contribution in [0.1, 0.15) is 12.8 Å². The first-order chi connectivity index (χ1) is 5.27. The monoisotopic (exact) mass is 178 g/mol. The number of amides is 1. The fourth-order valence-electron chi connectivity index (χ4n) is 0.509. The van der Waals surface area contributed by atoms with Gasteiger partial charge in [0.25, 0.3) is 0 Å². The number of carbonyl (C=O) groups excluding carboxylic acids is 1. The van der Waals surface area contributed by atoms with E-state index in [1.54, 1.807) is 0 Å². The molecule has 0 aliphatic heterocycles. The van der Waals surface area contributed by atoms with Crippen LogP contribution in [0.3, 0.4) is 0 Å². The third-order valence-electron chi connectivity index (χ3n) is 0.986. The molecular formula is C6H14N2O2S. The number of nitrogens with two attached hydrogens (primary N) is 1. The highest BCUT2D eigenvalue weighted by molar-refractivity contribution is 7.80. The third-order valence-corrected chi connectivity index (χ3v) is 1.21. The van der Waals surface area contributed by atoms with Crippen LogP contribution in [-0.4, -0.2) is 24.8 Å². The Kier molecular flexibility index (Phi) is 7.66. The second kappa shape index (κ2) is 7.84. The topological polar surface area (TPSA) is 64.4 Å². The highest BCUT2D eigenvalue weighted by atomic mass is 32.1. The summed E-state index contributed by atoms with van der Waals surface area (Å²) in [7, 11) is 0. The van der Waals surface area contributed by atoms with Gasteiger partial charge in [0.1, 0.15) is 0 Å². The summed E-state index contributed by atoms with van der Waals surface area (Å²) in [5.74, 6) is 0.443. The van der Waals surface area contributed by atoms with Crippen molar-refractivity contribution in [2.75, 3.05) is 18.9 Å². The molecule has 1 amide bonds. The lowest BCUT2D eigenvalue weighted by Gasteiger charge is -2.01. The molecule has 0 aromatic rings. The Morgan fingerprint density at radius 1 is 1.64 bits per heavy atom. The van der Waals surface area contributed by atoms with E-state index in [0.717, 1.165) is 5.75 Å². The molecule has 0 aromatic carbocycles. The number of hydrogen-bond donors (Lipinski definition) is 3. The average Bonchev–Trinajstić information content (AvgIpc) is 1.96. The largest absolute Gasteiger partial charge is 0.370 e. The molecule has 4 nitrogen and oxygen atoms in total. The number of thiol groups is 1. The van der Waals surface area contributed by atoms with Crippen molar-refractivity contribution in [3.8, 4) is 0 Å². The molecule has 0 heterocycles. The van der Waals surface area contributed by atoms with Crippen LogP contribution in [0.15, 0.2) is 0 Å². The lowest BCUT2D eigenvalue weighted by Crippen LogP contribution is -2.19. The Labute approximate surface area is 71.8 Å². The van der Waals surface area contributed by atoms with E-state index in [4.69, 9.17) is 10.6 Å². The van der Waals surface area contributed by atoms with Crippen molar-refractivity contribution < 1.29 is 9.63 Å². The van der Waals surface area contributed by atoms with E-state index in [1.165, 1.54) is 0 Å². The van der Waals surface area contributed by atoms with E-state index in [9.17, 15) is 4.79 Å². The quantitative estimate of drug-likeness (QED) is 0.285. The number of primary amides is 1. The standard InChI is InChI=1S/C6H14N2O2S/c7-6(9)2-1-4-10-8-3-5-11/h8,11H,1-5H2,(H2,7,9). The zero-order valence-corrected chi connectivity index (χ0v) is 7.27. The zero-order chi connectivity index (χ0) is 8.53. The van der Waals surface area contributed by atoms with Gasteiger partial charge in [-0.2, -0.15) is 12.6 Å². The number of hydrogen-bond acceptors (Lipinski definition) is 4. The summed E-state index contributed by atoms with van der Waals surface area (Å²) in [5, 5.41) is 0. The Morgan fingerprint density at radius 2 is 2.36 bits per heavy atom. The maximum absolute atomic E-state index is 10.2. The van der Waals surface area contributed by atoms with Gasteiger partial charge in [0.05, 0.1) is 6.61 Å². The van der Waals surface area contributed by atoms with Gasteiger partial charge in [-0.25, -0.2) is 5.48 Å². The molecular weight excluding hydrogens is 164 g/mol. The number of hydroxylamine groups is 1. The first kappa shape index (κ1) is 10.7. The summed E-state index contributed by atoms with van der Waals surface area (Å²) in [4.78, 5) is 15.1. The normalized spacial score (nSPS) is 9.91. The lowest BCUT2D eigenvalue weighted by atomic mass is 10.3. The second-order valence-corrected chi connectivity index (χ2v) is 2.48. The van der Waals surface area contributed by atoms with Gasteiger partial charge in [-0.15, -0.1) is 0 Å². The molecule has 0 aromatic heterocycles. The summed E-state index contributed by atoms with van der Waals surface area (Å²) >= 11 is 3.96. The van der Waals surface area contributed by atoms with Crippen molar-refractivity contribution in [2.45, 2.75) is 12.8 Å². The van der Waals surface area contributed by atoms with Crippen LogP contribution in [0, 0.1) is 0 Å². The van der Waals surface area contributed by atoms with Crippen LogP contribution in [0.25, 0.3) is 0 Å². The Balaban J connectivity index is 2.85. The van der Waals surface area contributed by atoms with Gasteiger partial charge in [-0.1, -0.05) is 0 Å². The number of rotatable bonds is 7. The van der Waals surface area contributed by atoms with E-state index in [0.29, 0.717) is 26.0 Å². The SMILES string of the molecule is NC(=O)CCCONCCS. The molecule has 0 bridgehead atoms. The maximum Gasteiger partial charge on any atom is 0.217 e. The molecule has 11 heavy (non-hydrogen) atoms. The van der Waals surface area contributed by atoms with E-state index in [2.05, 4.69) is 18.1 Å². The summed E-state index contributed by atoms with van der Waals surface area (Å²) in [6, 6.07) is 0. The van der Waals surface area contributed by atoms with E-state index >= 15 is 0 Å². The molecule has 0 radical (unpaired) electrons. The fraction of sp³-hybridized carbons (Fsp3) is 0.833. The number of carbonyl (C=O) groups is 1. The van der Waals surface area contributed by atoms with E-state index < -0.39 is 0 Å². The summed E-state index contributed by atoms with van der Waals surface area (Å²) < 4.78 is 0. The van der Waals surface area contributed by atoms with Crippen molar-refractivity contribution >= 4 is 18.5 Å². The van der Waals surface area contributed by atoms with Crippen molar-refractivity contribution in [3.63, 3.8) is 0 Å². The molecule has 0 unspecified atom stereocenters. The van der Waals surface area contributed by atoms with Crippen molar-refractivity contribution in [2.24, 2.45) is 5.73 Å². The van der Waals surface area contributed by atoms with Gasteiger partial charge in [-0.3, -0.25) is 4.79 Å². The molecule has 0 rings (SSSR count). The Hall–Kier alpha value is -0.260. The van der Waals surface area contributed by atoms with Crippen molar-refractivity contribution in [1.29, 1.82) is 0 Å². The minimum atomic E-state index is -0.289. The van der Waals surface area contributed by atoms with Crippen LogP contribution in [0.2, 0.25) is 0 Å². The molecule has 3 N–H and O–H groups in total. The van der Waals surface area contributed by atoms with Crippen molar-refractivity contribution in [1.82, 2.24) is 5.48 Å². The van der Waals surface area contributed by atoms with E-state index in [-0.39, 0.29) is 5.91 Å². The first-order valence-electron chi connectivity index (χ1n) is 3.51. The molecule has 5 heteroatoms. The lowest BCUT2D eigenvalue weighted by molar-refractivity contribution is -0.118. The zero-order valence-electron chi connectivity index (χ0n) is 6.38. The van der Waals surface area contributed by atoms with Crippen LogP contribution in [0.4, 0.5) is 0 Å². The van der Waals surface area contributed by atoms with Gasteiger partial charge in [0.15, 0.2) is 0 Å². The molecule has 0 spiro atoms. The second-order valence-electron chi connectivity index (χ2n) is 2.04. The third kappa shape index (κ3) is 9.74. The Morgan fingerprint density at radius 3 is 2.91 bits per heavy atom. The minimum Gasteiger partial charge on any atom is -0.370 e. The highest BCUT2D eigenvalue weighted by Crippen LogP contribution is 1.86. The smallest absolute Gasteiger partial charge is 0.217 e. The van der Waals surface area contributed by atoms with Gasteiger partial charge >= 0.3 is 0 Å². The van der Waals surface area contributed by atoms with Gasteiger partial charge < -0.3 is 10.6 Å². The molecule has 0 saturated carbocycles. The first-order valence-corrected chi connectivity index (χ1v) is 4.14. The maximum atomic E-state index is 10.2. The molecule has 0 atom stereocenters. The fourth-order valence-corrected chi connectivity index (χ4v) is 0.600. The Bertz CT molecular complexity index is 111. The summed E-state index contributed by atoms with van der Waals surface area (Å²) in [5.41, 5.74) is 7.59. The van der Waals surface area contributed by atoms with Crippen LogP contribution in [0.5, 0.6) is 0 Å². The van der Waals surface area contributed by atoms with Crippen LogP contribution >= 0.6 is 12.6 Å². The number of nitrogens with one attached hydrogen (secondary N) is 1. The molecule has 0 aliphatic carbocycles.